The van der Waals surface area contributed by atoms with Gasteiger partial charge in [0.25, 0.3) is 5.91 Å². The highest BCUT2D eigenvalue weighted by Gasteiger charge is 2.08. The zero-order chi connectivity index (χ0) is 19.4. The molecule has 1 heterocycles. The Hall–Kier alpha value is -3.34. The molecule has 0 radical (unpaired) electrons. The molecule has 0 saturated carbocycles. The second-order valence-corrected chi connectivity index (χ2v) is 6.75. The number of aromatic nitrogens is 1. The van der Waals surface area contributed by atoms with E-state index in [2.05, 4.69) is 15.6 Å². The number of carbonyl (C=O) groups is 1. The number of hydrogen-bond acceptors (Lipinski definition) is 4. The summed E-state index contributed by atoms with van der Waals surface area (Å²) < 4.78 is 0. The van der Waals surface area contributed by atoms with Gasteiger partial charge < -0.3 is 15.5 Å². The molecule has 5 heteroatoms. The Balaban J connectivity index is 1.65. The monoisotopic (exact) mass is 360 g/mol. The van der Waals surface area contributed by atoms with Crippen LogP contribution in [0.25, 0.3) is 0 Å². The van der Waals surface area contributed by atoms with E-state index in [1.807, 2.05) is 81.4 Å². The second-order valence-electron chi connectivity index (χ2n) is 6.75. The van der Waals surface area contributed by atoms with Crippen molar-refractivity contribution >= 4 is 28.7 Å². The standard InChI is InChI=1S/C22H24N4O/c1-15-5-6-18(13-16(15)2)25-22(27)21-12-9-19(14-23-21)24-17-7-10-20(11-8-17)26(3)4/h5-14,24H,1-4H3,(H,25,27). The molecule has 0 bridgehead atoms. The Bertz CT molecular complexity index is 932. The van der Waals surface area contributed by atoms with Gasteiger partial charge in [0.2, 0.25) is 0 Å². The Morgan fingerprint density at radius 2 is 1.52 bits per heavy atom. The Labute approximate surface area is 160 Å². The Morgan fingerprint density at radius 3 is 2.11 bits per heavy atom. The molecule has 5 nitrogen and oxygen atoms in total. The molecule has 1 aromatic heterocycles. The lowest BCUT2D eigenvalue weighted by atomic mass is 10.1. The fourth-order valence-corrected chi connectivity index (χ4v) is 2.63. The van der Waals surface area contributed by atoms with Crippen molar-refractivity contribution in [1.82, 2.24) is 4.98 Å². The molecule has 0 spiro atoms. The first-order valence-electron chi connectivity index (χ1n) is 8.81. The smallest absolute Gasteiger partial charge is 0.274 e. The van der Waals surface area contributed by atoms with Crippen molar-refractivity contribution in [3.05, 3.63) is 77.6 Å². The first-order chi connectivity index (χ1) is 12.9. The summed E-state index contributed by atoms with van der Waals surface area (Å²) in [6.45, 7) is 4.07. The molecular weight excluding hydrogens is 336 g/mol. The van der Waals surface area contributed by atoms with E-state index in [1.54, 1.807) is 12.3 Å². The number of nitrogens with zero attached hydrogens (tertiary/aromatic N) is 2. The van der Waals surface area contributed by atoms with E-state index in [0.29, 0.717) is 5.69 Å². The van der Waals surface area contributed by atoms with Gasteiger partial charge in [-0.15, -0.1) is 0 Å². The van der Waals surface area contributed by atoms with Crippen molar-refractivity contribution in [3.8, 4) is 0 Å². The lowest BCUT2D eigenvalue weighted by Gasteiger charge is -2.13. The molecule has 1 amide bonds. The van der Waals surface area contributed by atoms with Crippen LogP contribution in [0.1, 0.15) is 21.6 Å². The van der Waals surface area contributed by atoms with Gasteiger partial charge in [-0.2, -0.15) is 0 Å². The molecule has 3 aromatic rings. The molecule has 0 aliphatic carbocycles. The van der Waals surface area contributed by atoms with E-state index in [1.165, 1.54) is 5.56 Å². The maximum absolute atomic E-state index is 12.4. The maximum atomic E-state index is 12.4. The Kier molecular flexibility index (Phi) is 5.41. The first kappa shape index (κ1) is 18.5. The molecule has 3 rings (SSSR count). The lowest BCUT2D eigenvalue weighted by molar-refractivity contribution is 0.102. The van der Waals surface area contributed by atoms with Crippen molar-refractivity contribution in [1.29, 1.82) is 0 Å². The van der Waals surface area contributed by atoms with E-state index < -0.39 is 0 Å². The van der Waals surface area contributed by atoms with Gasteiger partial charge in [0.1, 0.15) is 5.69 Å². The molecule has 2 N–H and O–H groups in total. The molecule has 0 unspecified atom stereocenters. The zero-order valence-electron chi connectivity index (χ0n) is 16.1. The second kappa shape index (κ2) is 7.91. The predicted molar refractivity (Wildman–Crippen MR) is 112 cm³/mol. The molecule has 0 fully saturated rings. The van der Waals surface area contributed by atoms with Crippen LogP contribution in [-0.4, -0.2) is 25.0 Å². The highest BCUT2D eigenvalue weighted by atomic mass is 16.1. The average molecular weight is 360 g/mol. The number of anilines is 4. The van der Waals surface area contributed by atoms with Gasteiger partial charge in [0.15, 0.2) is 0 Å². The largest absolute Gasteiger partial charge is 0.378 e. The van der Waals surface area contributed by atoms with Crippen molar-refractivity contribution in [2.24, 2.45) is 0 Å². The summed E-state index contributed by atoms with van der Waals surface area (Å²) in [5.74, 6) is -0.222. The summed E-state index contributed by atoms with van der Waals surface area (Å²) in [6, 6.07) is 17.5. The van der Waals surface area contributed by atoms with Crippen LogP contribution >= 0.6 is 0 Å². The van der Waals surface area contributed by atoms with Gasteiger partial charge in [0, 0.05) is 31.2 Å². The normalized spacial score (nSPS) is 10.4. The fourth-order valence-electron chi connectivity index (χ4n) is 2.63. The van der Waals surface area contributed by atoms with Gasteiger partial charge in [-0.3, -0.25) is 4.79 Å². The quantitative estimate of drug-likeness (QED) is 0.689. The predicted octanol–water partition coefficient (Wildman–Crippen LogP) is 4.76. The highest BCUT2D eigenvalue weighted by Crippen LogP contribution is 2.20. The molecule has 2 aromatic carbocycles. The minimum atomic E-state index is -0.222. The van der Waals surface area contributed by atoms with Crippen LogP contribution in [0.15, 0.2) is 60.8 Å². The molecular formula is C22H24N4O. The van der Waals surface area contributed by atoms with E-state index in [-0.39, 0.29) is 5.91 Å². The number of nitrogens with one attached hydrogen (secondary N) is 2. The number of rotatable bonds is 5. The van der Waals surface area contributed by atoms with Crippen LogP contribution in [-0.2, 0) is 0 Å². The van der Waals surface area contributed by atoms with Crippen LogP contribution in [0.4, 0.5) is 22.7 Å². The highest BCUT2D eigenvalue weighted by molar-refractivity contribution is 6.03. The van der Waals surface area contributed by atoms with Gasteiger partial charge in [-0.1, -0.05) is 6.07 Å². The fraction of sp³-hybridized carbons (Fsp3) is 0.182. The van der Waals surface area contributed by atoms with Crippen LogP contribution in [0.5, 0.6) is 0 Å². The lowest BCUT2D eigenvalue weighted by Crippen LogP contribution is -2.13. The van der Waals surface area contributed by atoms with E-state index in [4.69, 9.17) is 0 Å². The van der Waals surface area contributed by atoms with Crippen LogP contribution in [0.2, 0.25) is 0 Å². The third kappa shape index (κ3) is 4.64. The summed E-state index contributed by atoms with van der Waals surface area (Å²) in [7, 11) is 4.02. The van der Waals surface area contributed by atoms with E-state index in [0.717, 1.165) is 28.3 Å². The molecule has 0 saturated heterocycles. The SMILES string of the molecule is Cc1ccc(NC(=O)c2ccc(Nc3ccc(N(C)C)cc3)cn2)cc1C. The number of aryl methyl sites for hydroxylation is 2. The molecule has 138 valence electrons. The first-order valence-corrected chi connectivity index (χ1v) is 8.81. The van der Waals surface area contributed by atoms with E-state index in [9.17, 15) is 4.79 Å². The molecule has 0 aliphatic heterocycles. The van der Waals surface area contributed by atoms with Crippen molar-refractivity contribution < 1.29 is 4.79 Å². The average Bonchev–Trinajstić information content (AvgIpc) is 2.66. The van der Waals surface area contributed by atoms with Crippen molar-refractivity contribution in [2.75, 3.05) is 29.6 Å². The van der Waals surface area contributed by atoms with Gasteiger partial charge in [0.05, 0.1) is 11.9 Å². The van der Waals surface area contributed by atoms with Gasteiger partial charge in [-0.05, 0) is 73.5 Å². The van der Waals surface area contributed by atoms with Crippen LogP contribution < -0.4 is 15.5 Å². The van der Waals surface area contributed by atoms with Gasteiger partial charge in [-0.25, -0.2) is 4.98 Å². The number of amides is 1. The third-order valence-electron chi connectivity index (χ3n) is 4.43. The minimum Gasteiger partial charge on any atom is -0.378 e. The number of pyridine rings is 1. The summed E-state index contributed by atoms with van der Waals surface area (Å²) in [5.41, 5.74) is 6.41. The van der Waals surface area contributed by atoms with Crippen LogP contribution in [0, 0.1) is 13.8 Å². The summed E-state index contributed by atoms with van der Waals surface area (Å²) in [6.07, 6.45) is 1.66. The summed E-state index contributed by atoms with van der Waals surface area (Å²) in [5, 5.41) is 6.17. The number of carbonyl (C=O) groups excluding carboxylic acids is 1. The zero-order valence-corrected chi connectivity index (χ0v) is 16.1. The number of hydrogen-bond donors (Lipinski definition) is 2. The molecule has 27 heavy (non-hydrogen) atoms. The van der Waals surface area contributed by atoms with Crippen LogP contribution in [0.3, 0.4) is 0 Å². The third-order valence-corrected chi connectivity index (χ3v) is 4.43. The molecule has 0 atom stereocenters. The summed E-state index contributed by atoms with van der Waals surface area (Å²) in [4.78, 5) is 18.7. The summed E-state index contributed by atoms with van der Waals surface area (Å²) >= 11 is 0. The number of benzene rings is 2. The minimum absolute atomic E-state index is 0.222. The van der Waals surface area contributed by atoms with Gasteiger partial charge >= 0.3 is 0 Å². The maximum Gasteiger partial charge on any atom is 0.274 e. The van der Waals surface area contributed by atoms with Crippen molar-refractivity contribution in [3.63, 3.8) is 0 Å². The topological polar surface area (TPSA) is 57.3 Å². The molecule has 0 aliphatic rings. The van der Waals surface area contributed by atoms with Crippen molar-refractivity contribution in [2.45, 2.75) is 13.8 Å². The Morgan fingerprint density at radius 1 is 0.852 bits per heavy atom. The van der Waals surface area contributed by atoms with E-state index >= 15 is 0 Å².